The summed E-state index contributed by atoms with van der Waals surface area (Å²) < 4.78 is 340. The Balaban J connectivity index is 0.000000409. The summed E-state index contributed by atoms with van der Waals surface area (Å²) in [5.74, 6) is -51.8. The highest BCUT2D eigenvalue weighted by molar-refractivity contribution is 8.33. The molecule has 0 N–H and O–H groups in total. The van der Waals surface area contributed by atoms with E-state index in [1.54, 1.807) is 6.07 Å². The summed E-state index contributed by atoms with van der Waals surface area (Å²) in [6.45, 7) is 0. The van der Waals surface area contributed by atoms with E-state index in [1.165, 1.54) is 26.4 Å². The minimum atomic E-state index is -8.89. The summed E-state index contributed by atoms with van der Waals surface area (Å²) in [6, 6.07) is 8.62. The lowest BCUT2D eigenvalue weighted by Crippen LogP contribution is -2.75. The van der Waals surface area contributed by atoms with Crippen molar-refractivity contribution in [1.29, 1.82) is 0 Å². The van der Waals surface area contributed by atoms with Crippen molar-refractivity contribution in [2.24, 2.45) is 0 Å². The fraction of sp³-hybridized carbons (Fsp3) is 0.625. The maximum absolute atomic E-state index is 14.5. The molecule has 0 spiro atoms. The van der Waals surface area contributed by atoms with Crippen molar-refractivity contribution in [1.82, 2.24) is 0 Å². The van der Waals surface area contributed by atoms with Gasteiger partial charge in [0.2, 0.25) is 0 Å². The van der Waals surface area contributed by atoms with Gasteiger partial charge in [-0.2, -0.15) is 105 Å². The van der Waals surface area contributed by atoms with Gasteiger partial charge in [-0.25, -0.2) is 7.26 Å². The molecule has 9 nitrogen and oxygen atoms in total. The van der Waals surface area contributed by atoms with E-state index in [1.807, 2.05) is 0 Å². The highest BCUT2D eigenvalue weighted by atomic mass is 32.3. The molecule has 4 rings (SSSR count). The molecule has 0 radical (unpaired) electrons. The summed E-state index contributed by atoms with van der Waals surface area (Å²) in [7, 11) is -15.7. The molecule has 0 unspecified atom stereocenters. The van der Waals surface area contributed by atoms with Crippen LogP contribution in [0.15, 0.2) is 52.3 Å². The second kappa shape index (κ2) is 18.1. The Bertz CT molecular complexity index is 2210. The summed E-state index contributed by atoms with van der Waals surface area (Å²) in [5, 5.41) is -7.71. The number of hydrogen-bond donors (Lipinski definition) is 0. The zero-order valence-corrected chi connectivity index (χ0v) is 35.8. The largest absolute Gasteiger partial charge is 0.523 e. The smallest absolute Gasteiger partial charge is 0.497 e. The molecule has 0 saturated carbocycles. The fourth-order valence-electron chi connectivity index (χ4n) is 5.85. The fourth-order valence-corrected chi connectivity index (χ4v) is 16.8. The van der Waals surface area contributed by atoms with Crippen LogP contribution in [-0.2, 0) is 27.5 Å². The van der Waals surface area contributed by atoms with Crippen molar-refractivity contribution in [3.05, 3.63) is 42.5 Å². The van der Waals surface area contributed by atoms with E-state index in [-0.39, 0.29) is 40.7 Å². The number of rotatable bonds is 16. The molecule has 0 aliphatic carbocycles. The highest BCUT2D eigenvalue weighted by Crippen LogP contribution is 2.69. The number of hydrogen-bond acceptors (Lipinski definition) is 9. The van der Waals surface area contributed by atoms with Gasteiger partial charge < -0.3 is 14.2 Å². The molecule has 2 aromatic rings. The summed E-state index contributed by atoms with van der Waals surface area (Å²) in [6.07, 6.45) is -6.84. The molecule has 65 heavy (non-hydrogen) atoms. The van der Waals surface area contributed by atoms with Crippen molar-refractivity contribution in [2.45, 2.75) is 87.9 Å². The Morgan fingerprint density at radius 3 is 1.20 bits per heavy atom. The topological polar surface area (TPSA) is 114 Å². The van der Waals surface area contributed by atoms with Crippen molar-refractivity contribution in [3.63, 3.8) is 0 Å². The number of methoxy groups -OCH3 is 3. The van der Waals surface area contributed by atoms with E-state index in [4.69, 9.17) is 17.8 Å². The van der Waals surface area contributed by atoms with Crippen LogP contribution in [0.25, 0.3) is 0 Å². The van der Waals surface area contributed by atoms with Gasteiger partial charge in [0, 0.05) is 34.0 Å². The van der Waals surface area contributed by atoms with Gasteiger partial charge in [-0.1, -0.05) is 20.6 Å². The average Bonchev–Trinajstić information content (AvgIpc) is 3.87. The van der Waals surface area contributed by atoms with Crippen LogP contribution in [0.4, 0.5) is 87.8 Å². The van der Waals surface area contributed by atoms with Gasteiger partial charge in [-0.15, -0.1) is 0 Å². The van der Waals surface area contributed by atoms with E-state index in [9.17, 15) is 105 Å². The molecule has 2 aliphatic rings. The summed E-state index contributed by atoms with van der Waals surface area (Å²) in [5.41, 5.74) is -5.45. The van der Waals surface area contributed by atoms with Crippen molar-refractivity contribution in [3.8, 4) is 17.2 Å². The molecule has 0 bridgehead atoms. The van der Waals surface area contributed by atoms with Gasteiger partial charge in [-0.05, 0) is 62.1 Å². The minimum absolute atomic E-state index is 0.0571. The van der Waals surface area contributed by atoms with Crippen LogP contribution in [0.2, 0.25) is 0 Å². The Labute approximate surface area is 358 Å². The Morgan fingerprint density at radius 2 is 0.815 bits per heavy atom. The third-order valence-electron chi connectivity index (χ3n) is 9.39. The summed E-state index contributed by atoms with van der Waals surface area (Å²) >= 11 is 0. The number of benzene rings is 2. The molecule has 0 amide bonds. The van der Waals surface area contributed by atoms with E-state index in [2.05, 4.69) is 3.63 Å². The predicted molar refractivity (Wildman–Crippen MR) is 189 cm³/mol. The van der Waals surface area contributed by atoms with Crippen LogP contribution in [-0.4, -0.2) is 114 Å². The number of alkyl halides is 20. The first kappa shape index (κ1) is 56.3. The van der Waals surface area contributed by atoms with Crippen molar-refractivity contribution >= 4 is 40.9 Å². The third kappa shape index (κ3) is 9.55. The first-order chi connectivity index (χ1) is 29.1. The van der Waals surface area contributed by atoms with E-state index < -0.39 is 105 Å². The van der Waals surface area contributed by atoms with Gasteiger partial charge in [-0.3, -0.25) is 0 Å². The maximum Gasteiger partial charge on any atom is 0.523 e. The Hall–Kier alpha value is -3.04. The SMILES string of the molecule is COc1ccc(S2(OS(=O)(=O)C(F)(F)C(F)(F)C(F)(F)C(F)(F)C(F)(F)C(F)(F)C(F)(F)C(F)(F)F)CCCC2)cc1.COc1ccc(S2(OS(=O)(=O)C(F)(F)F)CCCC2)c(OC)c1. The zero-order chi connectivity index (χ0) is 50.5. The minimum Gasteiger partial charge on any atom is -0.497 e. The first-order valence-electron chi connectivity index (χ1n) is 17.2. The molecule has 33 heteroatoms. The standard InChI is InChI=1S/C19H15F17O4S2.C13H17F3O5S2/c1-39-10-4-6-11(7-5-10)41(8-2-3-9-41)40-42(37,38)19(35,36)17(30,31)15(26,27)13(22,23)12(20,21)14(24,25)16(28,29)18(32,33)34;1-19-10-5-6-12(11(9-10)20-2)22(7-3-4-8-22)21-23(17,18)13(14,15)16/h4-7H,2-3,8-9H2,1H3;5-6,9H,3-4,7-8H2,1-2H3. The van der Waals surface area contributed by atoms with E-state index in [0.29, 0.717) is 23.5 Å². The summed E-state index contributed by atoms with van der Waals surface area (Å²) in [4.78, 5) is 0.0206. The Kier molecular flexibility index (Phi) is 15.7. The highest BCUT2D eigenvalue weighted by Gasteiger charge is 2.96. The lowest BCUT2D eigenvalue weighted by atomic mass is 9.91. The maximum atomic E-state index is 14.5. The first-order valence-corrected chi connectivity index (χ1v) is 23.8. The van der Waals surface area contributed by atoms with Crippen LogP contribution in [0.3, 0.4) is 0 Å². The van der Waals surface area contributed by atoms with Crippen LogP contribution < -0.4 is 14.2 Å². The van der Waals surface area contributed by atoms with Gasteiger partial charge in [0.05, 0.1) is 26.2 Å². The van der Waals surface area contributed by atoms with Crippen LogP contribution in [0.1, 0.15) is 25.7 Å². The molecular formula is C32H32F20O9S4. The van der Waals surface area contributed by atoms with Crippen LogP contribution in [0.5, 0.6) is 17.2 Å². The molecule has 2 aromatic carbocycles. The molecule has 0 atom stereocenters. The van der Waals surface area contributed by atoms with Gasteiger partial charge in [0.1, 0.15) is 17.2 Å². The monoisotopic (exact) mass is 1070 g/mol. The zero-order valence-electron chi connectivity index (χ0n) is 32.6. The van der Waals surface area contributed by atoms with Crippen molar-refractivity contribution in [2.75, 3.05) is 44.3 Å². The second-order valence-electron chi connectivity index (χ2n) is 13.5. The molecule has 2 saturated heterocycles. The van der Waals surface area contributed by atoms with Gasteiger partial charge in [0.25, 0.3) is 0 Å². The lowest BCUT2D eigenvalue weighted by molar-refractivity contribution is -0.458. The van der Waals surface area contributed by atoms with Gasteiger partial charge in [0.15, 0.2) is 0 Å². The average molecular weight is 1070 g/mol. The van der Waals surface area contributed by atoms with Crippen molar-refractivity contribution < 1.29 is 126 Å². The second-order valence-corrected chi connectivity index (χ2v) is 23.2. The van der Waals surface area contributed by atoms with Gasteiger partial charge >= 0.3 is 72.7 Å². The molecule has 2 aliphatic heterocycles. The number of halogens is 20. The lowest BCUT2D eigenvalue weighted by Gasteiger charge is -2.43. The normalized spacial score (nSPS) is 19.2. The van der Waals surface area contributed by atoms with E-state index >= 15 is 0 Å². The van der Waals surface area contributed by atoms with Crippen LogP contribution >= 0.6 is 20.6 Å². The van der Waals surface area contributed by atoms with Crippen LogP contribution in [0, 0.1) is 0 Å². The molecule has 378 valence electrons. The molecule has 2 fully saturated rings. The van der Waals surface area contributed by atoms with E-state index in [0.717, 1.165) is 31.4 Å². The third-order valence-corrected chi connectivity index (χ3v) is 20.4. The quantitative estimate of drug-likeness (QED) is 0.120. The Morgan fingerprint density at radius 1 is 0.446 bits per heavy atom. The molecular weight excluding hydrogens is 1040 g/mol. The molecule has 2 heterocycles. The number of ether oxygens (including phenoxy) is 3. The predicted octanol–water partition coefficient (Wildman–Crippen LogP) is 11.3. The molecule has 0 aromatic heterocycles.